The number of hydrogen-bond donors (Lipinski definition) is 0. The normalized spacial score (nSPS) is 42.4. The van der Waals surface area contributed by atoms with Gasteiger partial charge >= 0.3 is 0 Å². The van der Waals surface area contributed by atoms with Crippen molar-refractivity contribution in [1.29, 1.82) is 0 Å². The Morgan fingerprint density at radius 1 is 0.773 bits per heavy atom. The van der Waals surface area contributed by atoms with Crippen LogP contribution in [0.5, 0.6) is 0 Å². The third-order valence-electron chi connectivity index (χ3n) is 7.53. The van der Waals surface area contributed by atoms with E-state index in [1.165, 1.54) is 31.7 Å². The quantitative estimate of drug-likeness (QED) is 0.550. The molecule has 5 unspecified atom stereocenters. The summed E-state index contributed by atoms with van der Waals surface area (Å²) in [6, 6.07) is 1.48. The highest BCUT2D eigenvalue weighted by Crippen LogP contribution is 2.62. The van der Waals surface area contributed by atoms with Gasteiger partial charge in [-0.2, -0.15) is 0 Å². The van der Waals surface area contributed by atoms with Crippen LogP contribution in [0.2, 0.25) is 23.7 Å². The average molecular weight is 311 g/mol. The lowest BCUT2D eigenvalue weighted by atomic mass is 9.83. The Labute approximate surface area is 137 Å². The van der Waals surface area contributed by atoms with Crippen LogP contribution >= 0.6 is 0 Å². The number of hydrogen-bond acceptors (Lipinski definition) is 0. The van der Waals surface area contributed by atoms with Crippen LogP contribution in [0.4, 0.5) is 0 Å². The van der Waals surface area contributed by atoms with Crippen molar-refractivity contribution in [2.24, 2.45) is 23.7 Å². The summed E-state index contributed by atoms with van der Waals surface area (Å²) < 4.78 is 0. The molecule has 22 heavy (non-hydrogen) atoms. The van der Waals surface area contributed by atoms with E-state index < -0.39 is 8.07 Å². The first-order valence-corrected chi connectivity index (χ1v) is 12.3. The first kappa shape index (κ1) is 14.7. The highest BCUT2D eigenvalue weighted by molar-refractivity contribution is 6.81. The van der Waals surface area contributed by atoms with Crippen LogP contribution in [-0.4, -0.2) is 8.07 Å². The molecule has 0 aromatic heterocycles. The van der Waals surface area contributed by atoms with Crippen LogP contribution in [0.15, 0.2) is 48.6 Å². The topological polar surface area (TPSA) is 0 Å². The lowest BCUT2D eigenvalue weighted by Crippen LogP contribution is -2.44. The Morgan fingerprint density at radius 3 is 1.68 bits per heavy atom. The largest absolute Gasteiger partial charge is 0.0808 e. The Balaban J connectivity index is 1.74. The van der Waals surface area contributed by atoms with Gasteiger partial charge in [-0.15, -0.1) is 0 Å². The number of allylic oxidation sites excluding steroid dienone is 8. The second kappa shape index (κ2) is 5.67. The van der Waals surface area contributed by atoms with Gasteiger partial charge in [0.15, 0.2) is 0 Å². The van der Waals surface area contributed by atoms with Crippen LogP contribution in [0.1, 0.15) is 32.6 Å². The summed E-state index contributed by atoms with van der Waals surface area (Å²) >= 11 is 0. The van der Waals surface area contributed by atoms with Gasteiger partial charge in [0.2, 0.25) is 0 Å². The molecule has 0 heterocycles. The summed E-state index contributed by atoms with van der Waals surface area (Å²) in [5, 5.41) is 0. The van der Waals surface area contributed by atoms with Gasteiger partial charge < -0.3 is 0 Å². The van der Waals surface area contributed by atoms with Crippen molar-refractivity contribution in [3.05, 3.63) is 48.6 Å². The molecule has 0 amide bonds. The molecule has 1 heteroatoms. The van der Waals surface area contributed by atoms with Gasteiger partial charge in [0, 0.05) is 0 Å². The lowest BCUT2D eigenvalue weighted by Gasteiger charge is -2.44. The SMILES string of the molecule is CC[Si](C)(C1CCCC1)C1C2C=CC=CC2C2C=CC=CC21. The Bertz CT molecular complexity index is 500. The molecule has 0 saturated heterocycles. The average Bonchev–Trinajstić information content (AvgIpc) is 3.21. The molecule has 0 nitrogen and oxygen atoms in total. The third kappa shape index (κ3) is 2.08. The third-order valence-corrected chi connectivity index (χ3v) is 13.8. The molecular formula is C21H30Si. The maximum absolute atomic E-state index is 2.77. The summed E-state index contributed by atoms with van der Waals surface area (Å²) in [5.41, 5.74) is 2.04. The van der Waals surface area contributed by atoms with Crippen molar-refractivity contribution in [2.45, 2.75) is 56.3 Å². The molecule has 0 bridgehead atoms. The summed E-state index contributed by atoms with van der Waals surface area (Å²) in [7, 11) is -1.24. The number of rotatable bonds is 3. The minimum atomic E-state index is -1.24. The van der Waals surface area contributed by atoms with E-state index in [9.17, 15) is 0 Å². The zero-order valence-corrected chi connectivity index (χ0v) is 15.1. The minimum Gasteiger partial charge on any atom is -0.0808 e. The molecule has 0 aliphatic heterocycles. The second-order valence-corrected chi connectivity index (χ2v) is 13.4. The molecule has 4 rings (SSSR count). The van der Waals surface area contributed by atoms with Gasteiger partial charge in [-0.05, 0) is 34.8 Å². The molecule has 0 aromatic rings. The molecule has 0 N–H and O–H groups in total. The molecule has 118 valence electrons. The van der Waals surface area contributed by atoms with E-state index in [4.69, 9.17) is 0 Å². The van der Waals surface area contributed by atoms with Crippen molar-refractivity contribution >= 4 is 8.07 Å². The van der Waals surface area contributed by atoms with E-state index in [1.54, 1.807) is 0 Å². The minimum absolute atomic E-state index is 0.765. The van der Waals surface area contributed by atoms with Crippen molar-refractivity contribution in [3.8, 4) is 0 Å². The van der Waals surface area contributed by atoms with Crippen LogP contribution in [0, 0.1) is 23.7 Å². The van der Waals surface area contributed by atoms with Gasteiger partial charge in [0.1, 0.15) is 0 Å². The van der Waals surface area contributed by atoms with Crippen molar-refractivity contribution in [3.63, 3.8) is 0 Å². The second-order valence-electron chi connectivity index (χ2n) is 8.22. The molecule has 0 radical (unpaired) electrons. The number of fused-ring (bicyclic) bond motifs is 3. The predicted molar refractivity (Wildman–Crippen MR) is 98.6 cm³/mol. The zero-order valence-electron chi connectivity index (χ0n) is 14.1. The Morgan fingerprint density at radius 2 is 1.23 bits per heavy atom. The van der Waals surface area contributed by atoms with E-state index in [0.717, 1.165) is 34.8 Å². The van der Waals surface area contributed by atoms with Crippen molar-refractivity contribution in [2.75, 3.05) is 0 Å². The molecule has 5 atom stereocenters. The molecular weight excluding hydrogens is 280 g/mol. The fourth-order valence-corrected chi connectivity index (χ4v) is 12.0. The van der Waals surface area contributed by atoms with E-state index in [2.05, 4.69) is 62.1 Å². The van der Waals surface area contributed by atoms with Crippen LogP contribution in [0.3, 0.4) is 0 Å². The van der Waals surface area contributed by atoms with E-state index in [0.29, 0.717) is 0 Å². The monoisotopic (exact) mass is 310 g/mol. The van der Waals surface area contributed by atoms with Crippen molar-refractivity contribution < 1.29 is 0 Å². The molecule has 4 aliphatic carbocycles. The lowest BCUT2D eigenvalue weighted by molar-refractivity contribution is 0.461. The molecule has 2 fully saturated rings. The summed E-state index contributed by atoms with van der Waals surface area (Å²) in [6.07, 6.45) is 25.5. The maximum Gasteiger partial charge on any atom is 0.0576 e. The standard InChI is InChI=1S/C21H30Si/c1-3-22(2,16-10-4-5-11-16)21-19-14-8-6-12-17(19)18-13-7-9-15-20(18)21/h6-9,12-21H,3-5,10-11H2,1-2H3. The Kier molecular flexibility index (Phi) is 3.80. The van der Waals surface area contributed by atoms with E-state index in [1.807, 2.05) is 0 Å². The first-order chi connectivity index (χ1) is 10.8. The Hall–Kier alpha value is -0.823. The molecule has 4 aliphatic rings. The van der Waals surface area contributed by atoms with Crippen molar-refractivity contribution in [1.82, 2.24) is 0 Å². The fraction of sp³-hybridized carbons (Fsp3) is 0.619. The van der Waals surface area contributed by atoms with E-state index in [-0.39, 0.29) is 0 Å². The van der Waals surface area contributed by atoms with Gasteiger partial charge in [-0.1, -0.05) is 93.8 Å². The first-order valence-electron chi connectivity index (χ1n) is 9.45. The smallest absolute Gasteiger partial charge is 0.0576 e. The van der Waals surface area contributed by atoms with E-state index >= 15 is 0 Å². The summed E-state index contributed by atoms with van der Waals surface area (Å²) in [4.78, 5) is 0. The highest BCUT2D eigenvalue weighted by atomic mass is 28.3. The van der Waals surface area contributed by atoms with Crippen LogP contribution in [0.25, 0.3) is 0 Å². The molecule has 0 spiro atoms. The summed E-state index contributed by atoms with van der Waals surface area (Å²) in [6.45, 7) is 5.28. The van der Waals surface area contributed by atoms with Gasteiger partial charge in [-0.3, -0.25) is 0 Å². The zero-order chi connectivity index (χ0) is 15.2. The van der Waals surface area contributed by atoms with Gasteiger partial charge in [0.25, 0.3) is 0 Å². The predicted octanol–water partition coefficient (Wildman–Crippen LogP) is 6.13. The van der Waals surface area contributed by atoms with Crippen LogP contribution in [-0.2, 0) is 0 Å². The van der Waals surface area contributed by atoms with Crippen LogP contribution < -0.4 is 0 Å². The summed E-state index contributed by atoms with van der Waals surface area (Å²) in [5.74, 6) is 3.15. The molecule has 0 aromatic carbocycles. The highest BCUT2D eigenvalue weighted by Gasteiger charge is 2.56. The molecule has 2 saturated carbocycles. The fourth-order valence-electron chi connectivity index (χ4n) is 6.29. The van der Waals surface area contributed by atoms with Gasteiger partial charge in [-0.25, -0.2) is 0 Å². The van der Waals surface area contributed by atoms with Gasteiger partial charge in [0.05, 0.1) is 8.07 Å². The maximum atomic E-state index is 2.77.